The second-order valence-electron chi connectivity index (χ2n) is 4.51. The Bertz CT molecular complexity index is 149. The van der Waals surface area contributed by atoms with Crippen molar-refractivity contribution < 1.29 is 0 Å². The van der Waals surface area contributed by atoms with Gasteiger partial charge in [0, 0.05) is 6.54 Å². The highest BCUT2D eigenvalue weighted by molar-refractivity contribution is 7.80. The molecule has 12 heavy (non-hydrogen) atoms. The summed E-state index contributed by atoms with van der Waals surface area (Å²) in [6.07, 6.45) is 1.17. The summed E-state index contributed by atoms with van der Waals surface area (Å²) in [5.74, 6) is 0. The molecule has 0 aliphatic carbocycles. The predicted octanol–water partition coefficient (Wildman–Crippen LogP) is 1.64. The van der Waals surface area contributed by atoms with Crippen LogP contribution in [0.3, 0.4) is 0 Å². The Morgan fingerprint density at radius 3 is 2.25 bits per heavy atom. The summed E-state index contributed by atoms with van der Waals surface area (Å²) in [6, 6.07) is 0. The van der Waals surface area contributed by atoms with Crippen molar-refractivity contribution in [3.05, 3.63) is 0 Å². The minimum Gasteiger partial charge on any atom is -0.392 e. The maximum atomic E-state index is 5.42. The quantitative estimate of drug-likeness (QED) is 0.680. The summed E-state index contributed by atoms with van der Waals surface area (Å²) in [5.41, 5.74) is 5.82. The molecule has 0 heterocycles. The van der Waals surface area contributed by atoms with Gasteiger partial charge in [0.2, 0.25) is 0 Å². The van der Waals surface area contributed by atoms with E-state index in [0.29, 0.717) is 10.4 Å². The van der Waals surface area contributed by atoms with E-state index in [1.54, 1.807) is 0 Å². The molecular weight excluding hydrogens is 168 g/mol. The standard InChI is InChI=1S/C9H20N2S/c1-9(2,3)5-6-11(4)7-8(10)12/h5-7H2,1-4H3,(H2,10,12). The van der Waals surface area contributed by atoms with Crippen LogP contribution in [-0.4, -0.2) is 30.0 Å². The molecule has 2 N–H and O–H groups in total. The molecule has 0 saturated heterocycles. The molecule has 72 valence electrons. The van der Waals surface area contributed by atoms with Gasteiger partial charge >= 0.3 is 0 Å². The van der Waals surface area contributed by atoms with Crippen molar-refractivity contribution in [2.24, 2.45) is 11.1 Å². The first-order valence-corrected chi connectivity index (χ1v) is 4.69. The van der Waals surface area contributed by atoms with Crippen LogP contribution in [0.25, 0.3) is 0 Å². The Labute approximate surface area is 81.1 Å². The van der Waals surface area contributed by atoms with Crippen LogP contribution in [0, 0.1) is 5.41 Å². The minimum absolute atomic E-state index is 0.393. The molecule has 0 rings (SSSR count). The van der Waals surface area contributed by atoms with Gasteiger partial charge in [-0.1, -0.05) is 33.0 Å². The number of rotatable bonds is 4. The summed E-state index contributed by atoms with van der Waals surface area (Å²) in [7, 11) is 2.05. The largest absolute Gasteiger partial charge is 0.392 e. The van der Waals surface area contributed by atoms with E-state index in [0.717, 1.165) is 13.1 Å². The number of likely N-dealkylation sites (N-methyl/N-ethyl adjacent to an activating group) is 1. The van der Waals surface area contributed by atoms with Gasteiger partial charge in [0.05, 0.1) is 4.99 Å². The second-order valence-corrected chi connectivity index (χ2v) is 5.04. The van der Waals surface area contributed by atoms with Gasteiger partial charge in [0.25, 0.3) is 0 Å². The lowest BCUT2D eigenvalue weighted by atomic mass is 9.92. The van der Waals surface area contributed by atoms with E-state index >= 15 is 0 Å². The van der Waals surface area contributed by atoms with E-state index in [9.17, 15) is 0 Å². The van der Waals surface area contributed by atoms with Crippen LogP contribution < -0.4 is 5.73 Å². The molecule has 0 aromatic rings. The van der Waals surface area contributed by atoms with Crippen molar-refractivity contribution in [2.75, 3.05) is 20.1 Å². The zero-order valence-corrected chi connectivity index (χ0v) is 9.37. The van der Waals surface area contributed by atoms with Crippen molar-refractivity contribution in [3.63, 3.8) is 0 Å². The fourth-order valence-corrected chi connectivity index (χ4v) is 1.09. The Hall–Kier alpha value is -0.150. The third-order valence-corrected chi connectivity index (χ3v) is 1.80. The Kier molecular flexibility index (Phi) is 4.71. The van der Waals surface area contributed by atoms with Gasteiger partial charge in [-0.2, -0.15) is 0 Å². The SMILES string of the molecule is CN(CCC(C)(C)C)CC(N)=S. The topological polar surface area (TPSA) is 29.3 Å². The van der Waals surface area contributed by atoms with E-state index in [1.807, 2.05) is 7.05 Å². The molecule has 0 radical (unpaired) electrons. The molecule has 0 fully saturated rings. The van der Waals surface area contributed by atoms with E-state index < -0.39 is 0 Å². The fourth-order valence-electron chi connectivity index (χ4n) is 0.871. The van der Waals surface area contributed by atoms with Crippen molar-refractivity contribution in [3.8, 4) is 0 Å². The van der Waals surface area contributed by atoms with Gasteiger partial charge in [-0.15, -0.1) is 0 Å². The molecule has 0 spiro atoms. The monoisotopic (exact) mass is 188 g/mol. The average molecular weight is 188 g/mol. The second kappa shape index (κ2) is 4.77. The van der Waals surface area contributed by atoms with Crippen molar-refractivity contribution in [1.29, 1.82) is 0 Å². The summed E-state index contributed by atoms with van der Waals surface area (Å²) in [5, 5.41) is 0. The molecule has 0 aromatic heterocycles. The Morgan fingerprint density at radius 1 is 1.42 bits per heavy atom. The first-order valence-electron chi connectivity index (χ1n) is 4.28. The molecule has 3 heteroatoms. The number of thiocarbonyl (C=S) groups is 1. The molecule has 0 aliphatic heterocycles. The van der Waals surface area contributed by atoms with Crippen LogP contribution in [-0.2, 0) is 0 Å². The highest BCUT2D eigenvalue weighted by atomic mass is 32.1. The Morgan fingerprint density at radius 2 is 1.92 bits per heavy atom. The fraction of sp³-hybridized carbons (Fsp3) is 0.889. The van der Waals surface area contributed by atoms with Crippen molar-refractivity contribution >= 4 is 17.2 Å². The van der Waals surface area contributed by atoms with Crippen LogP contribution in [0.1, 0.15) is 27.2 Å². The van der Waals surface area contributed by atoms with E-state index in [2.05, 4.69) is 25.7 Å². The highest BCUT2D eigenvalue weighted by Gasteiger charge is 2.11. The van der Waals surface area contributed by atoms with Crippen LogP contribution in [0.15, 0.2) is 0 Å². The Balaban J connectivity index is 3.57. The molecule has 0 bridgehead atoms. The first-order chi connectivity index (χ1) is 5.31. The molecular formula is C9H20N2S. The van der Waals surface area contributed by atoms with Crippen LogP contribution >= 0.6 is 12.2 Å². The maximum Gasteiger partial charge on any atom is 0.0869 e. The predicted molar refractivity (Wildman–Crippen MR) is 58.4 cm³/mol. The number of nitrogens with zero attached hydrogens (tertiary/aromatic N) is 1. The average Bonchev–Trinajstić information content (AvgIpc) is 1.80. The molecule has 2 nitrogen and oxygen atoms in total. The van der Waals surface area contributed by atoms with Crippen molar-refractivity contribution in [1.82, 2.24) is 4.90 Å². The summed E-state index contributed by atoms with van der Waals surface area (Å²) >= 11 is 4.82. The third-order valence-electron chi connectivity index (χ3n) is 1.67. The minimum atomic E-state index is 0.393. The molecule has 0 saturated carbocycles. The van der Waals surface area contributed by atoms with Gasteiger partial charge in [-0.3, -0.25) is 4.90 Å². The van der Waals surface area contributed by atoms with Gasteiger partial charge in [-0.05, 0) is 25.4 Å². The van der Waals surface area contributed by atoms with Crippen LogP contribution in [0.4, 0.5) is 0 Å². The highest BCUT2D eigenvalue weighted by Crippen LogP contribution is 2.18. The normalized spacial score (nSPS) is 12.1. The van der Waals surface area contributed by atoms with Crippen LogP contribution in [0.5, 0.6) is 0 Å². The smallest absolute Gasteiger partial charge is 0.0869 e. The van der Waals surface area contributed by atoms with Crippen molar-refractivity contribution in [2.45, 2.75) is 27.2 Å². The lowest BCUT2D eigenvalue weighted by molar-refractivity contribution is 0.286. The van der Waals surface area contributed by atoms with Gasteiger partial charge < -0.3 is 5.73 Å². The summed E-state index contributed by atoms with van der Waals surface area (Å²) in [6.45, 7) is 8.50. The zero-order chi connectivity index (χ0) is 9.78. The first kappa shape index (κ1) is 11.8. The molecule has 0 unspecified atom stereocenters. The zero-order valence-electron chi connectivity index (χ0n) is 8.55. The number of hydrogen-bond acceptors (Lipinski definition) is 2. The molecule has 0 aliphatic rings. The number of hydrogen-bond donors (Lipinski definition) is 1. The van der Waals surface area contributed by atoms with Gasteiger partial charge in [0.1, 0.15) is 0 Å². The van der Waals surface area contributed by atoms with Gasteiger partial charge in [-0.25, -0.2) is 0 Å². The molecule has 0 amide bonds. The maximum absolute atomic E-state index is 5.42. The van der Waals surface area contributed by atoms with E-state index in [4.69, 9.17) is 18.0 Å². The third kappa shape index (κ3) is 7.95. The molecule has 0 aromatic carbocycles. The lowest BCUT2D eigenvalue weighted by Gasteiger charge is -2.22. The summed E-state index contributed by atoms with van der Waals surface area (Å²) in [4.78, 5) is 2.74. The summed E-state index contributed by atoms with van der Waals surface area (Å²) < 4.78 is 0. The van der Waals surface area contributed by atoms with Gasteiger partial charge in [0.15, 0.2) is 0 Å². The van der Waals surface area contributed by atoms with E-state index in [1.165, 1.54) is 6.42 Å². The number of nitrogens with two attached hydrogens (primary N) is 1. The van der Waals surface area contributed by atoms with Crippen LogP contribution in [0.2, 0.25) is 0 Å². The molecule has 0 atom stereocenters. The lowest BCUT2D eigenvalue weighted by Crippen LogP contribution is -2.31. The van der Waals surface area contributed by atoms with E-state index in [-0.39, 0.29) is 0 Å².